The van der Waals surface area contributed by atoms with E-state index in [0.29, 0.717) is 5.69 Å². The molecule has 80 valence electrons. The fourth-order valence-electron chi connectivity index (χ4n) is 1.00. The van der Waals surface area contributed by atoms with Gasteiger partial charge in [-0.1, -0.05) is 0 Å². The van der Waals surface area contributed by atoms with E-state index in [2.05, 4.69) is 10.6 Å². The summed E-state index contributed by atoms with van der Waals surface area (Å²) < 4.78 is 13.1. The van der Waals surface area contributed by atoms with Crippen molar-refractivity contribution in [1.29, 1.82) is 5.41 Å². The van der Waals surface area contributed by atoms with Gasteiger partial charge in [-0.05, 0) is 18.2 Å². The number of carbonyl (C=O) groups excluding carboxylic acids is 1. The number of carbonyl (C=O) groups is 1. The summed E-state index contributed by atoms with van der Waals surface area (Å²) in [7, 11) is 1.46. The Hall–Kier alpha value is -2.11. The van der Waals surface area contributed by atoms with Crippen molar-refractivity contribution in [2.75, 3.05) is 12.4 Å². The zero-order valence-corrected chi connectivity index (χ0v) is 8.10. The number of anilines is 1. The largest absolute Gasteiger partial charge is 0.384 e. The van der Waals surface area contributed by atoms with Crippen molar-refractivity contribution in [2.24, 2.45) is 5.73 Å². The molecule has 0 unspecified atom stereocenters. The molecule has 0 heterocycles. The highest BCUT2D eigenvalue weighted by atomic mass is 19.1. The van der Waals surface area contributed by atoms with Crippen LogP contribution in [0.1, 0.15) is 5.56 Å². The highest BCUT2D eigenvalue weighted by Gasteiger charge is 2.07. The summed E-state index contributed by atoms with van der Waals surface area (Å²) >= 11 is 0. The van der Waals surface area contributed by atoms with Crippen LogP contribution >= 0.6 is 0 Å². The lowest BCUT2D eigenvalue weighted by Crippen LogP contribution is -2.24. The van der Waals surface area contributed by atoms with Crippen molar-refractivity contribution in [3.05, 3.63) is 29.6 Å². The SMILES string of the molecule is CNC(=O)Nc1ccc(F)c(C(=N)N)c1. The quantitative estimate of drug-likeness (QED) is 0.430. The maximum Gasteiger partial charge on any atom is 0.318 e. The van der Waals surface area contributed by atoms with Gasteiger partial charge in [0, 0.05) is 12.7 Å². The second-order valence-electron chi connectivity index (χ2n) is 2.81. The van der Waals surface area contributed by atoms with Crippen LogP contribution in [-0.4, -0.2) is 18.9 Å². The fourth-order valence-corrected chi connectivity index (χ4v) is 1.00. The molecular weight excluding hydrogens is 199 g/mol. The summed E-state index contributed by atoms with van der Waals surface area (Å²) in [5.41, 5.74) is 5.50. The second kappa shape index (κ2) is 4.41. The van der Waals surface area contributed by atoms with Gasteiger partial charge in [0.1, 0.15) is 11.7 Å². The first kappa shape index (κ1) is 11.0. The van der Waals surface area contributed by atoms with Crippen LogP contribution in [0.15, 0.2) is 18.2 Å². The predicted octanol–water partition coefficient (Wildman–Crippen LogP) is 0.861. The van der Waals surface area contributed by atoms with Crippen LogP contribution in [0.4, 0.5) is 14.9 Å². The number of nitrogen functional groups attached to an aromatic ring is 1. The van der Waals surface area contributed by atoms with E-state index in [4.69, 9.17) is 11.1 Å². The maximum atomic E-state index is 13.1. The summed E-state index contributed by atoms with van der Waals surface area (Å²) in [6.07, 6.45) is 0. The number of benzene rings is 1. The van der Waals surface area contributed by atoms with E-state index in [1.165, 1.54) is 19.2 Å². The van der Waals surface area contributed by atoms with Crippen LogP contribution in [0.2, 0.25) is 0 Å². The fraction of sp³-hybridized carbons (Fsp3) is 0.111. The van der Waals surface area contributed by atoms with Crippen molar-refractivity contribution >= 4 is 17.6 Å². The summed E-state index contributed by atoms with van der Waals surface area (Å²) in [5.74, 6) is -0.974. The number of amides is 2. The van der Waals surface area contributed by atoms with Crippen molar-refractivity contribution in [2.45, 2.75) is 0 Å². The summed E-state index contributed by atoms with van der Waals surface area (Å²) in [4.78, 5) is 10.9. The average molecular weight is 210 g/mol. The van der Waals surface area contributed by atoms with Crippen molar-refractivity contribution in [3.63, 3.8) is 0 Å². The van der Waals surface area contributed by atoms with E-state index in [-0.39, 0.29) is 11.4 Å². The van der Waals surface area contributed by atoms with Crippen LogP contribution in [-0.2, 0) is 0 Å². The minimum atomic E-state index is -0.593. The third-order valence-electron chi connectivity index (χ3n) is 1.74. The van der Waals surface area contributed by atoms with Crippen LogP contribution in [0.3, 0.4) is 0 Å². The van der Waals surface area contributed by atoms with Gasteiger partial charge in [0.15, 0.2) is 0 Å². The Morgan fingerprint density at radius 2 is 2.20 bits per heavy atom. The summed E-state index contributed by atoms with van der Waals surface area (Å²) in [5, 5.41) is 11.9. The number of amidine groups is 1. The molecule has 1 aromatic rings. The van der Waals surface area contributed by atoms with Gasteiger partial charge >= 0.3 is 6.03 Å². The monoisotopic (exact) mass is 210 g/mol. The number of nitrogens with one attached hydrogen (secondary N) is 3. The zero-order valence-electron chi connectivity index (χ0n) is 8.10. The number of nitrogens with two attached hydrogens (primary N) is 1. The van der Waals surface area contributed by atoms with Gasteiger partial charge in [-0.2, -0.15) is 0 Å². The maximum absolute atomic E-state index is 13.1. The minimum absolute atomic E-state index is 0.0381. The molecule has 0 fully saturated rings. The van der Waals surface area contributed by atoms with Crippen LogP contribution in [0, 0.1) is 11.2 Å². The average Bonchev–Trinajstić information content (AvgIpc) is 2.20. The van der Waals surface area contributed by atoms with Crippen molar-refractivity contribution in [1.82, 2.24) is 5.32 Å². The smallest absolute Gasteiger partial charge is 0.318 e. The molecule has 2 amide bonds. The Morgan fingerprint density at radius 1 is 1.53 bits per heavy atom. The van der Waals surface area contributed by atoms with Crippen molar-refractivity contribution < 1.29 is 9.18 Å². The molecule has 0 aliphatic carbocycles. The highest BCUT2D eigenvalue weighted by Crippen LogP contribution is 2.14. The van der Waals surface area contributed by atoms with Gasteiger partial charge in [-0.15, -0.1) is 0 Å². The van der Waals surface area contributed by atoms with Crippen LogP contribution < -0.4 is 16.4 Å². The Bertz CT molecular complexity index is 405. The molecule has 0 atom stereocenters. The molecule has 0 aliphatic heterocycles. The van der Waals surface area contributed by atoms with Gasteiger partial charge in [0.25, 0.3) is 0 Å². The number of urea groups is 1. The molecule has 0 bridgehead atoms. The molecule has 0 spiro atoms. The molecule has 5 nitrogen and oxygen atoms in total. The lowest BCUT2D eigenvalue weighted by molar-refractivity contribution is 0.254. The molecule has 0 aliphatic rings. The first-order chi connectivity index (χ1) is 7.04. The third-order valence-corrected chi connectivity index (χ3v) is 1.74. The standard InChI is InChI=1S/C9H11FN4O/c1-13-9(15)14-5-2-3-7(10)6(4-5)8(11)12/h2-4H,1H3,(H3,11,12)(H2,13,14,15). The van der Waals surface area contributed by atoms with E-state index in [0.717, 1.165) is 6.07 Å². The number of hydrogen-bond donors (Lipinski definition) is 4. The Kier molecular flexibility index (Phi) is 3.22. The molecule has 1 aromatic carbocycles. The number of rotatable bonds is 2. The van der Waals surface area contributed by atoms with Gasteiger partial charge in [-0.3, -0.25) is 5.41 Å². The lowest BCUT2D eigenvalue weighted by Gasteiger charge is -2.06. The van der Waals surface area contributed by atoms with E-state index in [1.54, 1.807) is 0 Å². The Labute approximate surface area is 86.0 Å². The van der Waals surface area contributed by atoms with Gasteiger partial charge in [0.05, 0.1) is 5.56 Å². The third kappa shape index (κ3) is 2.67. The number of halogens is 1. The summed E-state index contributed by atoms with van der Waals surface area (Å²) in [6.45, 7) is 0. The second-order valence-corrected chi connectivity index (χ2v) is 2.81. The van der Waals surface area contributed by atoms with Gasteiger partial charge < -0.3 is 16.4 Å². The molecular formula is C9H11FN4O. The first-order valence-corrected chi connectivity index (χ1v) is 4.17. The molecule has 0 saturated heterocycles. The minimum Gasteiger partial charge on any atom is -0.384 e. The van der Waals surface area contributed by atoms with Crippen LogP contribution in [0.25, 0.3) is 0 Å². The first-order valence-electron chi connectivity index (χ1n) is 4.17. The zero-order chi connectivity index (χ0) is 11.4. The van der Waals surface area contributed by atoms with Crippen molar-refractivity contribution in [3.8, 4) is 0 Å². The van der Waals surface area contributed by atoms with Crippen LogP contribution in [0.5, 0.6) is 0 Å². The molecule has 0 radical (unpaired) electrons. The van der Waals surface area contributed by atoms with E-state index >= 15 is 0 Å². The normalized spacial score (nSPS) is 9.47. The number of hydrogen-bond acceptors (Lipinski definition) is 2. The van der Waals surface area contributed by atoms with E-state index in [9.17, 15) is 9.18 Å². The van der Waals surface area contributed by atoms with Gasteiger partial charge in [0.2, 0.25) is 0 Å². The van der Waals surface area contributed by atoms with Gasteiger partial charge in [-0.25, -0.2) is 9.18 Å². The molecule has 6 heteroatoms. The molecule has 0 aromatic heterocycles. The molecule has 1 rings (SSSR count). The Morgan fingerprint density at radius 3 is 2.73 bits per heavy atom. The predicted molar refractivity (Wildman–Crippen MR) is 55.5 cm³/mol. The lowest BCUT2D eigenvalue weighted by atomic mass is 10.1. The molecule has 5 N–H and O–H groups in total. The van der Waals surface area contributed by atoms with E-state index < -0.39 is 11.8 Å². The van der Waals surface area contributed by atoms with E-state index in [1.807, 2.05) is 0 Å². The topological polar surface area (TPSA) is 91.0 Å². The Balaban J connectivity index is 2.97. The highest BCUT2D eigenvalue weighted by molar-refractivity contribution is 5.97. The molecule has 0 saturated carbocycles. The molecule has 15 heavy (non-hydrogen) atoms. The summed E-state index contributed by atoms with van der Waals surface area (Å²) in [6, 6.07) is 3.41.